The fraction of sp³-hybridized carbons (Fsp3) is 0.333. The summed E-state index contributed by atoms with van der Waals surface area (Å²) in [6.07, 6.45) is 0. The van der Waals surface area contributed by atoms with Gasteiger partial charge in [-0.25, -0.2) is 4.79 Å². The molecule has 0 aliphatic carbocycles. The monoisotopic (exact) mass is 282 g/mol. The Morgan fingerprint density at radius 2 is 2.10 bits per heavy atom. The molecule has 8 heteroatoms. The Bertz CT molecular complexity index is 543. The molecule has 8 nitrogen and oxygen atoms in total. The van der Waals surface area contributed by atoms with Gasteiger partial charge in [-0.2, -0.15) is 0 Å². The molecular weight excluding hydrogens is 268 g/mol. The van der Waals surface area contributed by atoms with Crippen molar-refractivity contribution < 1.29 is 24.4 Å². The van der Waals surface area contributed by atoms with Gasteiger partial charge in [-0.15, -0.1) is 0 Å². The molecule has 0 aliphatic rings. The summed E-state index contributed by atoms with van der Waals surface area (Å²) in [7, 11) is 1.58. The molecule has 1 amide bonds. The van der Waals surface area contributed by atoms with Gasteiger partial charge in [-0.1, -0.05) is 0 Å². The number of nitrogens with zero attached hydrogens (tertiary/aromatic N) is 2. The fourth-order valence-electron chi connectivity index (χ4n) is 1.35. The molecule has 0 heterocycles. The Morgan fingerprint density at radius 3 is 2.60 bits per heavy atom. The van der Waals surface area contributed by atoms with Crippen LogP contribution in [0.2, 0.25) is 0 Å². The molecular formula is C12H14N2O6. The minimum Gasteiger partial charge on any atom is -0.483 e. The normalized spacial score (nSPS) is 9.90. The van der Waals surface area contributed by atoms with Gasteiger partial charge in [0, 0.05) is 25.7 Å². The second kappa shape index (κ2) is 6.50. The maximum absolute atomic E-state index is 11.5. The van der Waals surface area contributed by atoms with E-state index in [2.05, 4.69) is 0 Å². The number of ether oxygens (including phenoxy) is 1. The maximum atomic E-state index is 11.5. The third kappa shape index (κ3) is 3.67. The van der Waals surface area contributed by atoms with E-state index in [-0.39, 0.29) is 29.5 Å². The second-order valence-corrected chi connectivity index (χ2v) is 3.94. The van der Waals surface area contributed by atoms with Gasteiger partial charge >= 0.3 is 5.97 Å². The van der Waals surface area contributed by atoms with E-state index in [0.717, 1.165) is 12.1 Å². The van der Waals surface area contributed by atoms with E-state index in [1.54, 1.807) is 14.0 Å². The van der Waals surface area contributed by atoms with Gasteiger partial charge in [0.2, 0.25) is 0 Å². The number of carboxylic acids is 1. The lowest BCUT2D eigenvalue weighted by Crippen LogP contribution is -2.31. The zero-order valence-electron chi connectivity index (χ0n) is 11.0. The van der Waals surface area contributed by atoms with Crippen LogP contribution in [0, 0.1) is 10.1 Å². The van der Waals surface area contributed by atoms with Crippen LogP contribution in [-0.4, -0.2) is 47.0 Å². The van der Waals surface area contributed by atoms with Crippen molar-refractivity contribution in [3.8, 4) is 5.75 Å². The minimum absolute atomic E-state index is 0.0825. The van der Waals surface area contributed by atoms with Crippen molar-refractivity contribution in [1.82, 2.24) is 4.90 Å². The first-order valence-corrected chi connectivity index (χ1v) is 5.75. The summed E-state index contributed by atoms with van der Waals surface area (Å²) in [4.78, 5) is 33.9. The Balaban J connectivity index is 2.92. The Labute approximate surface area is 114 Å². The van der Waals surface area contributed by atoms with Crippen LogP contribution >= 0.6 is 0 Å². The quantitative estimate of drug-likeness (QED) is 0.619. The molecule has 0 fully saturated rings. The zero-order valence-corrected chi connectivity index (χ0v) is 11.0. The topological polar surface area (TPSA) is 110 Å². The molecule has 1 aromatic carbocycles. The van der Waals surface area contributed by atoms with Crippen LogP contribution in [0.4, 0.5) is 5.69 Å². The molecule has 0 radical (unpaired) electrons. The summed E-state index contributed by atoms with van der Waals surface area (Å²) < 4.78 is 5.12. The van der Waals surface area contributed by atoms with Crippen LogP contribution in [0.25, 0.3) is 0 Å². The molecule has 0 aromatic heterocycles. The van der Waals surface area contributed by atoms with E-state index < -0.39 is 10.9 Å². The number of carboxylic acid groups (broad SMARTS) is 1. The summed E-state index contributed by atoms with van der Waals surface area (Å²) in [5, 5.41) is 19.6. The van der Waals surface area contributed by atoms with Gasteiger partial charge in [-0.05, 0) is 13.0 Å². The molecule has 1 aromatic rings. The van der Waals surface area contributed by atoms with Crippen molar-refractivity contribution in [3.63, 3.8) is 0 Å². The molecule has 1 rings (SSSR count). The number of carbonyl (C=O) groups excluding carboxylic acids is 1. The molecule has 1 N–H and O–H groups in total. The van der Waals surface area contributed by atoms with E-state index in [1.165, 1.54) is 11.0 Å². The van der Waals surface area contributed by atoms with Gasteiger partial charge in [-0.3, -0.25) is 14.9 Å². The molecule has 0 unspecified atom stereocenters. The van der Waals surface area contributed by atoms with Gasteiger partial charge in [0.15, 0.2) is 6.61 Å². The van der Waals surface area contributed by atoms with Gasteiger partial charge < -0.3 is 14.7 Å². The standard InChI is InChI=1S/C12H14N2O6/c1-3-13(2)11(15)7-20-10-5-4-8(14(18)19)6-9(10)12(16)17/h4-6H,3,7H2,1-2H3,(H,16,17). The third-order valence-electron chi connectivity index (χ3n) is 2.66. The number of carbonyl (C=O) groups is 2. The number of nitro groups is 1. The average Bonchev–Trinajstić information content (AvgIpc) is 2.43. The number of non-ortho nitro benzene ring substituents is 1. The summed E-state index contributed by atoms with van der Waals surface area (Å²) in [6, 6.07) is 3.18. The summed E-state index contributed by atoms with van der Waals surface area (Å²) in [6.45, 7) is 1.95. The van der Waals surface area contributed by atoms with Crippen LogP contribution in [0.1, 0.15) is 17.3 Å². The maximum Gasteiger partial charge on any atom is 0.339 e. The number of benzene rings is 1. The Hall–Kier alpha value is -2.64. The number of rotatable bonds is 6. The number of amides is 1. The molecule has 0 bridgehead atoms. The Morgan fingerprint density at radius 1 is 1.45 bits per heavy atom. The average molecular weight is 282 g/mol. The lowest BCUT2D eigenvalue weighted by molar-refractivity contribution is -0.384. The smallest absolute Gasteiger partial charge is 0.339 e. The first-order valence-electron chi connectivity index (χ1n) is 5.75. The number of hydrogen-bond acceptors (Lipinski definition) is 5. The third-order valence-corrected chi connectivity index (χ3v) is 2.66. The van der Waals surface area contributed by atoms with Crippen molar-refractivity contribution in [3.05, 3.63) is 33.9 Å². The number of likely N-dealkylation sites (N-methyl/N-ethyl adjacent to an activating group) is 1. The van der Waals surface area contributed by atoms with E-state index in [4.69, 9.17) is 9.84 Å². The van der Waals surface area contributed by atoms with Crippen LogP contribution in [0.3, 0.4) is 0 Å². The summed E-state index contributed by atoms with van der Waals surface area (Å²) >= 11 is 0. The number of hydrogen-bond donors (Lipinski definition) is 1. The molecule has 108 valence electrons. The highest BCUT2D eigenvalue weighted by Gasteiger charge is 2.18. The van der Waals surface area contributed by atoms with Crippen LogP contribution in [0.15, 0.2) is 18.2 Å². The number of aromatic carboxylic acids is 1. The van der Waals surface area contributed by atoms with Gasteiger partial charge in [0.05, 0.1) is 4.92 Å². The predicted molar refractivity (Wildman–Crippen MR) is 68.9 cm³/mol. The van der Waals surface area contributed by atoms with E-state index in [0.29, 0.717) is 6.54 Å². The summed E-state index contributed by atoms with van der Waals surface area (Å²) in [5.74, 6) is -1.76. The van der Waals surface area contributed by atoms with Crippen molar-refractivity contribution in [2.75, 3.05) is 20.2 Å². The molecule has 0 saturated heterocycles. The Kier molecular flexibility index (Phi) is 5.01. The highest BCUT2D eigenvalue weighted by Crippen LogP contribution is 2.24. The first-order chi connectivity index (χ1) is 9.36. The van der Waals surface area contributed by atoms with Crippen LogP contribution < -0.4 is 4.74 Å². The first kappa shape index (κ1) is 15.4. The van der Waals surface area contributed by atoms with Gasteiger partial charge in [0.1, 0.15) is 11.3 Å². The molecule has 0 saturated carbocycles. The van der Waals surface area contributed by atoms with Crippen LogP contribution in [0.5, 0.6) is 5.75 Å². The lowest BCUT2D eigenvalue weighted by atomic mass is 10.2. The molecule has 20 heavy (non-hydrogen) atoms. The van der Waals surface area contributed by atoms with E-state index in [9.17, 15) is 19.7 Å². The second-order valence-electron chi connectivity index (χ2n) is 3.94. The number of nitro benzene ring substituents is 1. The van der Waals surface area contributed by atoms with Crippen LogP contribution in [-0.2, 0) is 4.79 Å². The SMILES string of the molecule is CCN(C)C(=O)COc1ccc([N+](=O)[O-])cc1C(=O)O. The van der Waals surface area contributed by atoms with Crippen molar-refractivity contribution >= 4 is 17.6 Å². The lowest BCUT2D eigenvalue weighted by Gasteiger charge is -2.15. The molecule has 0 spiro atoms. The molecule has 0 aliphatic heterocycles. The molecule has 0 atom stereocenters. The van der Waals surface area contributed by atoms with Crippen molar-refractivity contribution in [1.29, 1.82) is 0 Å². The predicted octanol–water partition coefficient (Wildman–Crippen LogP) is 1.15. The van der Waals surface area contributed by atoms with Crippen molar-refractivity contribution in [2.45, 2.75) is 6.92 Å². The zero-order chi connectivity index (χ0) is 15.3. The van der Waals surface area contributed by atoms with Gasteiger partial charge in [0.25, 0.3) is 11.6 Å². The summed E-state index contributed by atoms with van der Waals surface area (Å²) in [5.41, 5.74) is -0.710. The minimum atomic E-state index is -1.36. The van der Waals surface area contributed by atoms with E-state index in [1.807, 2.05) is 0 Å². The highest BCUT2D eigenvalue weighted by atomic mass is 16.6. The highest BCUT2D eigenvalue weighted by molar-refractivity contribution is 5.92. The fourth-order valence-corrected chi connectivity index (χ4v) is 1.35. The van der Waals surface area contributed by atoms with Crippen molar-refractivity contribution in [2.24, 2.45) is 0 Å². The van der Waals surface area contributed by atoms with E-state index >= 15 is 0 Å². The largest absolute Gasteiger partial charge is 0.483 e.